The predicted octanol–water partition coefficient (Wildman–Crippen LogP) is 3.21. The minimum absolute atomic E-state index is 0.592. The third kappa shape index (κ3) is 1.90. The number of nitrogens with zero attached hydrogens (tertiary/aromatic N) is 3. The van der Waals surface area contributed by atoms with Crippen molar-refractivity contribution in [3.63, 3.8) is 0 Å². The lowest BCUT2D eigenvalue weighted by Crippen LogP contribution is -2.35. The van der Waals surface area contributed by atoms with Gasteiger partial charge in [0.05, 0.1) is 0 Å². The fourth-order valence-corrected chi connectivity index (χ4v) is 3.51. The number of aromatic nitrogens is 2. The van der Waals surface area contributed by atoms with Crippen LogP contribution in [0, 0.1) is 12.8 Å². The zero-order valence-corrected chi connectivity index (χ0v) is 11.0. The number of halogens is 1. The minimum atomic E-state index is 0.592. The number of hydrogen-bond acceptors (Lipinski definition) is 3. The van der Waals surface area contributed by atoms with E-state index in [1.54, 1.807) is 6.33 Å². The second kappa shape index (κ2) is 4.45. The Balaban J connectivity index is 1.91. The third-order valence-electron chi connectivity index (χ3n) is 4.28. The van der Waals surface area contributed by atoms with Crippen molar-refractivity contribution in [2.45, 2.75) is 45.1 Å². The molecule has 1 saturated heterocycles. The van der Waals surface area contributed by atoms with Crippen molar-refractivity contribution in [1.29, 1.82) is 0 Å². The van der Waals surface area contributed by atoms with Crippen molar-refractivity contribution in [3.05, 3.63) is 17.0 Å². The summed E-state index contributed by atoms with van der Waals surface area (Å²) in [6.45, 7) is 3.15. The predicted molar refractivity (Wildman–Crippen MR) is 69.5 cm³/mol. The zero-order chi connectivity index (χ0) is 11.8. The SMILES string of the molecule is Cc1c(Cl)ncnc1N1CCC2CCCCC21. The maximum absolute atomic E-state index is 6.09. The molecule has 0 spiro atoms. The van der Waals surface area contributed by atoms with E-state index >= 15 is 0 Å². The monoisotopic (exact) mass is 251 g/mol. The Hall–Kier alpha value is -0.830. The zero-order valence-electron chi connectivity index (χ0n) is 10.2. The Morgan fingerprint density at radius 3 is 2.94 bits per heavy atom. The Morgan fingerprint density at radius 2 is 2.06 bits per heavy atom. The molecular weight excluding hydrogens is 234 g/mol. The average molecular weight is 252 g/mol. The molecule has 1 aromatic heterocycles. The summed E-state index contributed by atoms with van der Waals surface area (Å²) in [6, 6.07) is 0.688. The van der Waals surface area contributed by atoms with Crippen LogP contribution >= 0.6 is 11.6 Å². The van der Waals surface area contributed by atoms with E-state index in [1.165, 1.54) is 32.1 Å². The molecule has 1 saturated carbocycles. The normalized spacial score (nSPS) is 28.2. The van der Waals surface area contributed by atoms with Crippen LogP contribution < -0.4 is 4.90 Å². The lowest BCUT2D eigenvalue weighted by molar-refractivity contribution is 0.341. The van der Waals surface area contributed by atoms with Gasteiger partial charge in [-0.15, -0.1) is 0 Å². The molecule has 0 bridgehead atoms. The molecule has 2 atom stereocenters. The summed E-state index contributed by atoms with van der Waals surface area (Å²) >= 11 is 6.09. The molecule has 2 aliphatic rings. The van der Waals surface area contributed by atoms with Gasteiger partial charge in [-0.2, -0.15) is 0 Å². The van der Waals surface area contributed by atoms with Gasteiger partial charge in [-0.05, 0) is 32.1 Å². The molecule has 0 aromatic carbocycles. The molecule has 1 aliphatic carbocycles. The molecule has 17 heavy (non-hydrogen) atoms. The van der Waals surface area contributed by atoms with Crippen molar-refractivity contribution < 1.29 is 0 Å². The highest BCUT2D eigenvalue weighted by atomic mass is 35.5. The van der Waals surface area contributed by atoms with Gasteiger partial charge in [0, 0.05) is 18.2 Å². The molecule has 0 amide bonds. The van der Waals surface area contributed by atoms with E-state index in [2.05, 4.69) is 14.9 Å². The maximum atomic E-state index is 6.09. The fraction of sp³-hybridized carbons (Fsp3) is 0.692. The van der Waals surface area contributed by atoms with Crippen LogP contribution in [0.2, 0.25) is 5.15 Å². The largest absolute Gasteiger partial charge is 0.353 e. The van der Waals surface area contributed by atoms with Gasteiger partial charge in [0.15, 0.2) is 0 Å². The van der Waals surface area contributed by atoms with Gasteiger partial charge in [-0.25, -0.2) is 9.97 Å². The summed E-state index contributed by atoms with van der Waals surface area (Å²) in [5.74, 6) is 1.93. The van der Waals surface area contributed by atoms with E-state index in [1.807, 2.05) is 6.92 Å². The van der Waals surface area contributed by atoms with Crippen LogP contribution in [0.3, 0.4) is 0 Å². The smallest absolute Gasteiger partial charge is 0.137 e. The van der Waals surface area contributed by atoms with Crippen molar-refractivity contribution in [3.8, 4) is 0 Å². The molecule has 92 valence electrons. The van der Waals surface area contributed by atoms with E-state index in [9.17, 15) is 0 Å². The Labute approximate surface area is 107 Å². The fourth-order valence-electron chi connectivity index (χ4n) is 3.38. The van der Waals surface area contributed by atoms with Crippen molar-refractivity contribution in [2.75, 3.05) is 11.4 Å². The maximum Gasteiger partial charge on any atom is 0.137 e. The first kappa shape index (κ1) is 11.3. The third-order valence-corrected chi connectivity index (χ3v) is 4.66. The highest BCUT2D eigenvalue weighted by Crippen LogP contribution is 2.39. The quantitative estimate of drug-likeness (QED) is 0.718. The van der Waals surface area contributed by atoms with Gasteiger partial charge < -0.3 is 4.90 Å². The number of anilines is 1. The van der Waals surface area contributed by atoms with Crippen LogP contribution in [0.5, 0.6) is 0 Å². The minimum Gasteiger partial charge on any atom is -0.353 e. The summed E-state index contributed by atoms with van der Waals surface area (Å²) < 4.78 is 0. The standard InChI is InChI=1S/C13H18ClN3/c1-9-12(14)15-8-16-13(9)17-7-6-10-4-2-3-5-11(10)17/h8,10-11H,2-7H2,1H3. The Bertz CT molecular complexity index is 421. The Kier molecular flexibility index (Phi) is 2.95. The second-order valence-electron chi connectivity index (χ2n) is 5.21. The molecular formula is C13H18ClN3. The highest BCUT2D eigenvalue weighted by molar-refractivity contribution is 6.30. The van der Waals surface area contributed by atoms with E-state index in [-0.39, 0.29) is 0 Å². The molecule has 3 nitrogen and oxygen atoms in total. The summed E-state index contributed by atoms with van der Waals surface area (Å²) in [6.07, 6.45) is 8.35. The van der Waals surface area contributed by atoms with Gasteiger partial charge in [0.2, 0.25) is 0 Å². The molecule has 1 aromatic rings. The van der Waals surface area contributed by atoms with Crippen LogP contribution in [0.25, 0.3) is 0 Å². The molecule has 2 heterocycles. The first-order valence-electron chi connectivity index (χ1n) is 6.51. The first-order valence-corrected chi connectivity index (χ1v) is 6.89. The van der Waals surface area contributed by atoms with Gasteiger partial charge in [0.1, 0.15) is 17.3 Å². The van der Waals surface area contributed by atoms with Crippen molar-refractivity contribution in [2.24, 2.45) is 5.92 Å². The van der Waals surface area contributed by atoms with Crippen molar-refractivity contribution in [1.82, 2.24) is 9.97 Å². The van der Waals surface area contributed by atoms with Crippen LogP contribution in [-0.4, -0.2) is 22.6 Å². The summed E-state index contributed by atoms with van der Waals surface area (Å²) in [7, 11) is 0. The first-order chi connectivity index (χ1) is 8.27. The molecule has 1 aliphatic heterocycles. The molecule has 4 heteroatoms. The van der Waals surface area contributed by atoms with E-state index < -0.39 is 0 Å². The number of fused-ring (bicyclic) bond motifs is 1. The van der Waals surface area contributed by atoms with E-state index in [0.29, 0.717) is 11.2 Å². The van der Waals surface area contributed by atoms with Gasteiger partial charge in [0.25, 0.3) is 0 Å². The summed E-state index contributed by atoms with van der Waals surface area (Å²) in [5, 5.41) is 0.592. The van der Waals surface area contributed by atoms with Crippen LogP contribution in [0.15, 0.2) is 6.33 Å². The molecule has 3 rings (SSSR count). The van der Waals surface area contributed by atoms with E-state index in [4.69, 9.17) is 11.6 Å². The van der Waals surface area contributed by atoms with Gasteiger partial charge in [-0.3, -0.25) is 0 Å². The number of hydrogen-bond donors (Lipinski definition) is 0. The van der Waals surface area contributed by atoms with Gasteiger partial charge >= 0.3 is 0 Å². The van der Waals surface area contributed by atoms with Crippen molar-refractivity contribution >= 4 is 17.4 Å². The van der Waals surface area contributed by atoms with Crippen LogP contribution in [0.1, 0.15) is 37.7 Å². The lowest BCUT2D eigenvalue weighted by Gasteiger charge is -2.33. The topological polar surface area (TPSA) is 29.0 Å². The van der Waals surface area contributed by atoms with Crippen LogP contribution in [-0.2, 0) is 0 Å². The second-order valence-corrected chi connectivity index (χ2v) is 5.57. The lowest BCUT2D eigenvalue weighted by atomic mass is 9.85. The summed E-state index contributed by atoms with van der Waals surface area (Å²) in [4.78, 5) is 10.9. The highest BCUT2D eigenvalue weighted by Gasteiger charge is 2.36. The molecule has 0 radical (unpaired) electrons. The van der Waals surface area contributed by atoms with Crippen LogP contribution in [0.4, 0.5) is 5.82 Å². The molecule has 2 unspecified atom stereocenters. The Morgan fingerprint density at radius 1 is 1.24 bits per heavy atom. The molecule has 0 N–H and O–H groups in total. The average Bonchev–Trinajstić information content (AvgIpc) is 2.77. The number of rotatable bonds is 1. The molecule has 2 fully saturated rings. The summed E-state index contributed by atoms with van der Waals surface area (Å²) in [5.41, 5.74) is 1.03. The van der Waals surface area contributed by atoms with E-state index in [0.717, 1.165) is 23.8 Å². The van der Waals surface area contributed by atoms with Gasteiger partial charge in [-0.1, -0.05) is 24.4 Å².